The maximum absolute atomic E-state index is 12.1. The van der Waals surface area contributed by atoms with Gasteiger partial charge >= 0.3 is 0 Å². The number of amides is 1. The maximum atomic E-state index is 12.1. The number of nitrogens with zero attached hydrogens (tertiary/aromatic N) is 2. The number of hydrogen-bond acceptors (Lipinski definition) is 6. The number of aromatic nitrogens is 2. The van der Waals surface area contributed by atoms with Crippen molar-refractivity contribution in [1.29, 1.82) is 0 Å². The Morgan fingerprint density at radius 3 is 2.93 bits per heavy atom. The highest BCUT2D eigenvalue weighted by Gasteiger charge is 2.20. The summed E-state index contributed by atoms with van der Waals surface area (Å²) in [5.74, 6) is 0.497. The first kappa shape index (κ1) is 18.8. The summed E-state index contributed by atoms with van der Waals surface area (Å²) in [6.45, 7) is 0. The second-order valence-corrected chi connectivity index (χ2v) is 8.80. The van der Waals surface area contributed by atoms with E-state index in [2.05, 4.69) is 20.9 Å². The van der Waals surface area contributed by atoms with Gasteiger partial charge in [-0.05, 0) is 49.4 Å². The van der Waals surface area contributed by atoms with Gasteiger partial charge in [-0.15, -0.1) is 21.5 Å². The van der Waals surface area contributed by atoms with Crippen molar-refractivity contribution < 1.29 is 9.21 Å². The van der Waals surface area contributed by atoms with Crippen molar-refractivity contribution in [1.82, 2.24) is 10.2 Å². The topological polar surface area (TPSA) is 68.0 Å². The van der Waals surface area contributed by atoms with Crippen LogP contribution in [-0.4, -0.2) is 21.9 Å². The SMILES string of the molecule is O=C(CSc1nnc(-c2csc3c2CCCC3)o1)Nc1ccc(Cl)c(Cl)c1. The highest BCUT2D eigenvalue weighted by molar-refractivity contribution is 7.99. The zero-order valence-corrected chi connectivity index (χ0v) is 17.3. The average Bonchev–Trinajstić information content (AvgIpc) is 3.29. The monoisotopic (exact) mass is 439 g/mol. The van der Waals surface area contributed by atoms with Gasteiger partial charge in [0.25, 0.3) is 5.22 Å². The number of rotatable bonds is 5. The van der Waals surface area contributed by atoms with E-state index in [-0.39, 0.29) is 11.7 Å². The van der Waals surface area contributed by atoms with E-state index in [1.807, 2.05) is 0 Å². The summed E-state index contributed by atoms with van der Waals surface area (Å²) in [7, 11) is 0. The van der Waals surface area contributed by atoms with Crippen LogP contribution >= 0.6 is 46.3 Å². The van der Waals surface area contributed by atoms with Gasteiger partial charge in [-0.2, -0.15) is 0 Å². The van der Waals surface area contributed by atoms with Crippen LogP contribution in [0.1, 0.15) is 23.3 Å². The van der Waals surface area contributed by atoms with E-state index in [1.165, 1.54) is 35.0 Å². The van der Waals surface area contributed by atoms with E-state index in [0.717, 1.165) is 18.4 Å². The molecule has 9 heteroatoms. The fraction of sp³-hybridized carbons (Fsp3) is 0.278. The van der Waals surface area contributed by atoms with Crippen LogP contribution in [0.2, 0.25) is 10.0 Å². The summed E-state index contributed by atoms with van der Waals surface area (Å²) in [6.07, 6.45) is 4.63. The van der Waals surface area contributed by atoms with Gasteiger partial charge in [0, 0.05) is 15.9 Å². The summed E-state index contributed by atoms with van der Waals surface area (Å²) in [6, 6.07) is 4.94. The predicted octanol–water partition coefficient (Wildman–Crippen LogP) is 5.71. The van der Waals surface area contributed by atoms with Gasteiger partial charge < -0.3 is 9.73 Å². The Balaban J connectivity index is 1.37. The summed E-state index contributed by atoms with van der Waals surface area (Å²) < 4.78 is 5.76. The Bertz CT molecular complexity index is 987. The molecule has 1 aliphatic carbocycles. The van der Waals surface area contributed by atoms with Crippen molar-refractivity contribution in [3.05, 3.63) is 44.1 Å². The molecule has 0 unspecified atom stereocenters. The van der Waals surface area contributed by atoms with Gasteiger partial charge in [0.05, 0.1) is 21.4 Å². The Labute approximate surface area is 174 Å². The molecule has 1 aromatic carbocycles. The molecule has 1 N–H and O–H groups in total. The molecule has 0 spiro atoms. The molecule has 0 radical (unpaired) electrons. The van der Waals surface area contributed by atoms with Crippen molar-refractivity contribution in [3.8, 4) is 11.5 Å². The molecule has 0 atom stereocenters. The molecular weight excluding hydrogens is 425 g/mol. The van der Waals surface area contributed by atoms with Crippen LogP contribution < -0.4 is 5.32 Å². The molecule has 27 heavy (non-hydrogen) atoms. The van der Waals surface area contributed by atoms with Crippen molar-refractivity contribution in [2.24, 2.45) is 0 Å². The Morgan fingerprint density at radius 1 is 1.22 bits per heavy atom. The minimum atomic E-state index is -0.189. The lowest BCUT2D eigenvalue weighted by molar-refractivity contribution is -0.113. The summed E-state index contributed by atoms with van der Waals surface area (Å²) in [5.41, 5.74) is 2.96. The number of nitrogens with one attached hydrogen (secondary N) is 1. The molecule has 1 aliphatic rings. The fourth-order valence-electron chi connectivity index (χ4n) is 2.95. The molecule has 2 aromatic heterocycles. The Hall–Kier alpha value is -1.54. The van der Waals surface area contributed by atoms with E-state index in [1.54, 1.807) is 29.5 Å². The number of halogens is 2. The molecule has 0 bridgehead atoms. The van der Waals surface area contributed by atoms with Gasteiger partial charge in [0.2, 0.25) is 11.8 Å². The number of carbonyl (C=O) groups excluding carboxylic acids is 1. The Morgan fingerprint density at radius 2 is 2.07 bits per heavy atom. The normalized spacial score (nSPS) is 13.4. The van der Waals surface area contributed by atoms with E-state index >= 15 is 0 Å². The molecule has 140 valence electrons. The lowest BCUT2D eigenvalue weighted by Crippen LogP contribution is -2.13. The predicted molar refractivity (Wildman–Crippen MR) is 110 cm³/mol. The minimum absolute atomic E-state index is 0.156. The second-order valence-electron chi connectivity index (χ2n) is 6.10. The largest absolute Gasteiger partial charge is 0.411 e. The molecule has 4 rings (SSSR count). The third-order valence-corrected chi connectivity index (χ3v) is 6.87. The van der Waals surface area contributed by atoms with E-state index in [0.29, 0.717) is 26.8 Å². The van der Waals surface area contributed by atoms with Crippen LogP contribution in [0.3, 0.4) is 0 Å². The highest BCUT2D eigenvalue weighted by Crippen LogP contribution is 2.36. The third kappa shape index (κ3) is 4.32. The zero-order valence-electron chi connectivity index (χ0n) is 14.1. The van der Waals surface area contributed by atoms with Gasteiger partial charge in [-0.25, -0.2) is 0 Å². The molecule has 5 nitrogen and oxygen atoms in total. The lowest BCUT2D eigenvalue weighted by atomic mass is 9.96. The standard InChI is InChI=1S/C18H15Cl2N3O2S2/c19-13-6-5-10(7-14(13)20)21-16(24)9-27-18-23-22-17(25-18)12-8-26-15-4-2-1-3-11(12)15/h5-8H,1-4,9H2,(H,21,24). The van der Waals surface area contributed by atoms with Crippen molar-refractivity contribution in [2.45, 2.75) is 30.9 Å². The smallest absolute Gasteiger partial charge is 0.277 e. The fourth-order valence-corrected chi connectivity index (χ4v) is 4.93. The maximum Gasteiger partial charge on any atom is 0.277 e. The quantitative estimate of drug-likeness (QED) is 0.515. The lowest BCUT2D eigenvalue weighted by Gasteiger charge is -2.10. The number of aryl methyl sites for hydroxylation is 1. The number of thioether (sulfide) groups is 1. The zero-order chi connectivity index (χ0) is 18.8. The van der Waals surface area contributed by atoms with E-state index in [9.17, 15) is 4.79 Å². The third-order valence-electron chi connectivity index (χ3n) is 4.23. The first-order valence-electron chi connectivity index (χ1n) is 8.41. The van der Waals surface area contributed by atoms with Gasteiger partial charge in [-0.1, -0.05) is 35.0 Å². The summed E-state index contributed by atoms with van der Waals surface area (Å²) in [4.78, 5) is 13.5. The molecule has 0 saturated carbocycles. The molecule has 0 fully saturated rings. The number of thiophene rings is 1. The summed E-state index contributed by atoms with van der Waals surface area (Å²) in [5, 5.41) is 14.3. The molecule has 0 saturated heterocycles. The van der Waals surface area contributed by atoms with Crippen molar-refractivity contribution >= 4 is 57.9 Å². The van der Waals surface area contributed by atoms with Crippen LogP contribution in [0.4, 0.5) is 5.69 Å². The summed E-state index contributed by atoms with van der Waals surface area (Å²) >= 11 is 14.8. The van der Waals surface area contributed by atoms with Crippen LogP contribution in [0.5, 0.6) is 0 Å². The number of carbonyl (C=O) groups is 1. The first-order chi connectivity index (χ1) is 13.1. The number of anilines is 1. The minimum Gasteiger partial charge on any atom is -0.411 e. The number of hydrogen-bond donors (Lipinski definition) is 1. The van der Waals surface area contributed by atoms with Crippen LogP contribution in [0.15, 0.2) is 33.2 Å². The second kappa shape index (κ2) is 8.22. The van der Waals surface area contributed by atoms with Gasteiger partial charge in [0.15, 0.2) is 0 Å². The number of fused-ring (bicyclic) bond motifs is 1. The van der Waals surface area contributed by atoms with Crippen molar-refractivity contribution in [2.75, 3.05) is 11.1 Å². The van der Waals surface area contributed by atoms with E-state index in [4.69, 9.17) is 27.6 Å². The average molecular weight is 440 g/mol. The number of benzene rings is 1. The highest BCUT2D eigenvalue weighted by atomic mass is 35.5. The first-order valence-corrected chi connectivity index (χ1v) is 11.0. The molecule has 3 aromatic rings. The van der Waals surface area contributed by atoms with Gasteiger partial charge in [-0.3, -0.25) is 4.79 Å². The Kier molecular flexibility index (Phi) is 5.73. The van der Waals surface area contributed by atoms with Crippen LogP contribution in [-0.2, 0) is 17.6 Å². The van der Waals surface area contributed by atoms with Crippen LogP contribution in [0.25, 0.3) is 11.5 Å². The van der Waals surface area contributed by atoms with Gasteiger partial charge in [0.1, 0.15) is 0 Å². The molecule has 1 amide bonds. The molecule has 2 heterocycles. The van der Waals surface area contributed by atoms with E-state index < -0.39 is 0 Å². The van der Waals surface area contributed by atoms with Crippen LogP contribution in [0, 0.1) is 0 Å². The molecular formula is C18H15Cl2N3O2S2. The molecule has 0 aliphatic heterocycles. The van der Waals surface area contributed by atoms with Crippen molar-refractivity contribution in [3.63, 3.8) is 0 Å².